The largest absolute Gasteiger partial charge is 0.352 e. The van der Waals surface area contributed by atoms with Crippen molar-refractivity contribution in [1.82, 2.24) is 20.3 Å². The van der Waals surface area contributed by atoms with Gasteiger partial charge < -0.3 is 10.6 Å². The quantitative estimate of drug-likeness (QED) is 0.683. The highest BCUT2D eigenvalue weighted by atomic mass is 16.1. The van der Waals surface area contributed by atoms with E-state index in [4.69, 9.17) is 0 Å². The Morgan fingerprint density at radius 3 is 2.62 bits per heavy atom. The Hall–Kier alpha value is -3.28. The van der Waals surface area contributed by atoms with Crippen molar-refractivity contribution in [3.63, 3.8) is 0 Å². The average molecular weight is 319 g/mol. The van der Waals surface area contributed by atoms with Crippen molar-refractivity contribution in [2.45, 2.75) is 13.0 Å². The molecule has 1 unspecified atom stereocenters. The highest BCUT2D eigenvalue weighted by Crippen LogP contribution is 2.20. The molecule has 6 nitrogen and oxygen atoms in total. The van der Waals surface area contributed by atoms with Crippen molar-refractivity contribution < 1.29 is 4.79 Å². The Labute approximate surface area is 140 Å². The summed E-state index contributed by atoms with van der Waals surface area (Å²) >= 11 is 0. The number of aromatic nitrogens is 3. The SMILES string of the molecule is CC(NC=O)c1ccc(Nc2nccc(-c3cccnc3)n2)cc1. The van der Waals surface area contributed by atoms with Crippen LogP contribution in [-0.4, -0.2) is 21.4 Å². The van der Waals surface area contributed by atoms with Crippen molar-refractivity contribution >= 4 is 18.0 Å². The lowest BCUT2D eigenvalue weighted by molar-refractivity contribution is -0.110. The third kappa shape index (κ3) is 3.73. The van der Waals surface area contributed by atoms with Crippen LogP contribution in [0.1, 0.15) is 18.5 Å². The van der Waals surface area contributed by atoms with Crippen molar-refractivity contribution in [1.29, 1.82) is 0 Å². The molecule has 0 saturated carbocycles. The van der Waals surface area contributed by atoms with E-state index in [1.165, 1.54) is 0 Å². The minimum atomic E-state index is -0.0262. The molecule has 1 atom stereocenters. The van der Waals surface area contributed by atoms with Crippen LogP contribution in [0.15, 0.2) is 61.1 Å². The molecule has 0 saturated heterocycles. The van der Waals surface area contributed by atoms with Crippen LogP contribution in [0.3, 0.4) is 0 Å². The van der Waals surface area contributed by atoms with Gasteiger partial charge in [0.25, 0.3) is 0 Å². The molecule has 3 rings (SSSR count). The normalized spacial score (nSPS) is 11.5. The van der Waals surface area contributed by atoms with E-state index in [-0.39, 0.29) is 6.04 Å². The lowest BCUT2D eigenvalue weighted by Crippen LogP contribution is -2.15. The molecule has 0 spiro atoms. The molecule has 1 amide bonds. The number of nitrogens with zero attached hydrogens (tertiary/aromatic N) is 3. The van der Waals surface area contributed by atoms with E-state index in [1.807, 2.05) is 49.4 Å². The topological polar surface area (TPSA) is 79.8 Å². The Bertz CT molecular complexity index is 805. The Morgan fingerprint density at radius 1 is 1.08 bits per heavy atom. The zero-order chi connectivity index (χ0) is 16.8. The van der Waals surface area contributed by atoms with Gasteiger partial charge >= 0.3 is 0 Å². The maximum Gasteiger partial charge on any atom is 0.227 e. The van der Waals surface area contributed by atoms with Gasteiger partial charge in [-0.05, 0) is 42.8 Å². The number of anilines is 2. The maximum absolute atomic E-state index is 10.5. The minimum Gasteiger partial charge on any atom is -0.352 e. The second-order valence-electron chi connectivity index (χ2n) is 5.26. The van der Waals surface area contributed by atoms with Gasteiger partial charge in [-0.25, -0.2) is 9.97 Å². The standard InChI is InChI=1S/C18H17N5O/c1-13(21-12-24)14-4-6-16(7-5-14)22-18-20-10-8-17(23-18)15-3-2-9-19-11-15/h2-13H,1H3,(H,21,24)(H,20,22,23). The Morgan fingerprint density at radius 2 is 1.92 bits per heavy atom. The molecule has 1 aromatic carbocycles. The fourth-order valence-electron chi connectivity index (χ4n) is 2.28. The van der Waals surface area contributed by atoms with Gasteiger partial charge in [0.1, 0.15) is 0 Å². The molecular weight excluding hydrogens is 302 g/mol. The van der Waals surface area contributed by atoms with E-state index in [9.17, 15) is 4.79 Å². The lowest BCUT2D eigenvalue weighted by Gasteiger charge is -2.12. The van der Waals surface area contributed by atoms with E-state index >= 15 is 0 Å². The van der Waals surface area contributed by atoms with Crippen LogP contribution in [0.4, 0.5) is 11.6 Å². The molecule has 24 heavy (non-hydrogen) atoms. The van der Waals surface area contributed by atoms with Gasteiger partial charge in [0.15, 0.2) is 0 Å². The number of amides is 1. The van der Waals surface area contributed by atoms with E-state index in [0.29, 0.717) is 12.4 Å². The summed E-state index contributed by atoms with van der Waals surface area (Å²) in [5.74, 6) is 0.517. The molecule has 0 aliphatic rings. The molecule has 0 radical (unpaired) electrons. The number of rotatable bonds is 6. The molecule has 3 aromatic rings. The highest BCUT2D eigenvalue weighted by Gasteiger charge is 2.05. The van der Waals surface area contributed by atoms with Crippen LogP contribution in [0.5, 0.6) is 0 Å². The highest BCUT2D eigenvalue weighted by molar-refractivity contribution is 5.61. The number of pyridine rings is 1. The van der Waals surface area contributed by atoms with Crippen LogP contribution in [0.25, 0.3) is 11.3 Å². The fourth-order valence-corrected chi connectivity index (χ4v) is 2.28. The van der Waals surface area contributed by atoms with Gasteiger partial charge in [0, 0.05) is 29.8 Å². The monoisotopic (exact) mass is 319 g/mol. The summed E-state index contributed by atoms with van der Waals surface area (Å²) in [4.78, 5) is 23.4. The average Bonchev–Trinajstić information content (AvgIpc) is 2.63. The Kier molecular flexibility index (Phi) is 4.76. The predicted octanol–water partition coefficient (Wildman–Crippen LogP) is 3.09. The first kappa shape index (κ1) is 15.6. The number of hydrogen-bond acceptors (Lipinski definition) is 5. The fraction of sp³-hybridized carbons (Fsp3) is 0.111. The molecule has 0 fully saturated rings. The third-order valence-electron chi connectivity index (χ3n) is 3.60. The van der Waals surface area contributed by atoms with Crippen molar-refractivity contribution in [3.8, 4) is 11.3 Å². The molecule has 2 heterocycles. The second-order valence-corrected chi connectivity index (χ2v) is 5.26. The summed E-state index contributed by atoms with van der Waals surface area (Å²) in [6, 6.07) is 13.4. The zero-order valence-corrected chi connectivity index (χ0v) is 13.2. The first-order valence-corrected chi connectivity index (χ1v) is 7.56. The van der Waals surface area contributed by atoms with Gasteiger partial charge in [-0.15, -0.1) is 0 Å². The summed E-state index contributed by atoms with van der Waals surface area (Å²) in [6.45, 7) is 1.93. The molecule has 0 aliphatic carbocycles. The molecule has 0 bridgehead atoms. The smallest absolute Gasteiger partial charge is 0.227 e. The van der Waals surface area contributed by atoms with Crippen LogP contribution in [0.2, 0.25) is 0 Å². The first-order valence-electron chi connectivity index (χ1n) is 7.56. The number of hydrogen-bond donors (Lipinski definition) is 2. The summed E-state index contributed by atoms with van der Waals surface area (Å²) in [5, 5.41) is 5.90. The van der Waals surface area contributed by atoms with Gasteiger partial charge in [0.2, 0.25) is 12.4 Å². The summed E-state index contributed by atoms with van der Waals surface area (Å²) in [5.41, 5.74) is 3.64. The minimum absolute atomic E-state index is 0.0262. The van der Waals surface area contributed by atoms with Crippen LogP contribution >= 0.6 is 0 Å². The maximum atomic E-state index is 10.5. The van der Waals surface area contributed by atoms with Gasteiger partial charge in [0.05, 0.1) is 11.7 Å². The molecule has 2 N–H and O–H groups in total. The van der Waals surface area contributed by atoms with Gasteiger partial charge in [-0.3, -0.25) is 9.78 Å². The van der Waals surface area contributed by atoms with E-state index in [0.717, 1.165) is 22.5 Å². The van der Waals surface area contributed by atoms with Crippen molar-refractivity contribution in [2.24, 2.45) is 0 Å². The van der Waals surface area contributed by atoms with Gasteiger partial charge in [-0.2, -0.15) is 0 Å². The molecule has 6 heteroatoms. The van der Waals surface area contributed by atoms with E-state index in [1.54, 1.807) is 18.6 Å². The lowest BCUT2D eigenvalue weighted by atomic mass is 10.1. The Balaban J connectivity index is 1.75. The number of nitrogens with one attached hydrogen (secondary N) is 2. The van der Waals surface area contributed by atoms with Crippen LogP contribution < -0.4 is 10.6 Å². The number of carbonyl (C=O) groups is 1. The summed E-state index contributed by atoms with van der Waals surface area (Å²) in [6.07, 6.45) is 5.91. The summed E-state index contributed by atoms with van der Waals surface area (Å²) < 4.78 is 0. The first-order chi connectivity index (χ1) is 11.8. The second kappa shape index (κ2) is 7.32. The van der Waals surface area contributed by atoms with E-state index < -0.39 is 0 Å². The molecule has 120 valence electrons. The third-order valence-corrected chi connectivity index (χ3v) is 3.60. The van der Waals surface area contributed by atoms with Crippen LogP contribution in [0, 0.1) is 0 Å². The molecule has 0 aliphatic heterocycles. The van der Waals surface area contributed by atoms with Crippen molar-refractivity contribution in [3.05, 3.63) is 66.6 Å². The molecular formula is C18H17N5O. The zero-order valence-electron chi connectivity index (χ0n) is 13.2. The van der Waals surface area contributed by atoms with Crippen molar-refractivity contribution in [2.75, 3.05) is 5.32 Å². The predicted molar refractivity (Wildman–Crippen MR) is 92.6 cm³/mol. The number of benzene rings is 1. The number of carbonyl (C=O) groups excluding carboxylic acids is 1. The van der Waals surface area contributed by atoms with Gasteiger partial charge in [-0.1, -0.05) is 12.1 Å². The van der Waals surface area contributed by atoms with E-state index in [2.05, 4.69) is 25.6 Å². The molecule has 2 aromatic heterocycles. The van der Waals surface area contributed by atoms with Crippen LogP contribution in [-0.2, 0) is 4.79 Å². The summed E-state index contributed by atoms with van der Waals surface area (Å²) in [7, 11) is 0.